The monoisotopic (exact) mass is 422 g/mol. The molecule has 2 aromatic carbocycles. The summed E-state index contributed by atoms with van der Waals surface area (Å²) in [6.45, 7) is 4.08. The van der Waals surface area contributed by atoms with E-state index in [0.29, 0.717) is 28.5 Å². The lowest BCUT2D eigenvalue weighted by Gasteiger charge is -2.13. The Kier molecular flexibility index (Phi) is 5.29. The molecule has 0 amide bonds. The van der Waals surface area contributed by atoms with E-state index in [9.17, 15) is 9.59 Å². The fraction of sp³-hybridized carbons (Fsp3) is 0.136. The van der Waals surface area contributed by atoms with Crippen molar-refractivity contribution < 1.29 is 4.74 Å². The van der Waals surface area contributed by atoms with Crippen LogP contribution in [0.25, 0.3) is 16.9 Å². The van der Waals surface area contributed by atoms with Crippen LogP contribution in [0.15, 0.2) is 77.1 Å². The normalized spacial score (nSPS) is 11.0. The lowest BCUT2D eigenvalue weighted by molar-refractivity contribution is 0.408. The molecule has 0 aliphatic heterocycles. The molecule has 4 rings (SSSR count). The Hall–Kier alpha value is -3.58. The zero-order chi connectivity index (χ0) is 21.3. The van der Waals surface area contributed by atoms with E-state index in [2.05, 4.69) is 11.6 Å². The van der Waals surface area contributed by atoms with Gasteiger partial charge in [-0.15, -0.1) is 6.58 Å². The molecule has 8 heteroatoms. The first-order valence-electron chi connectivity index (χ1n) is 9.25. The summed E-state index contributed by atoms with van der Waals surface area (Å²) >= 11 is 6.36. The average molecular weight is 423 g/mol. The van der Waals surface area contributed by atoms with Crippen molar-refractivity contribution in [2.75, 3.05) is 7.11 Å². The Morgan fingerprint density at radius 2 is 1.87 bits per heavy atom. The second-order valence-electron chi connectivity index (χ2n) is 6.63. The van der Waals surface area contributed by atoms with E-state index in [-0.39, 0.29) is 12.2 Å². The van der Waals surface area contributed by atoms with Gasteiger partial charge in [0.15, 0.2) is 11.2 Å². The van der Waals surface area contributed by atoms with E-state index in [4.69, 9.17) is 16.3 Å². The number of methoxy groups -OCH3 is 1. The topological polar surface area (TPSA) is 71.0 Å². The van der Waals surface area contributed by atoms with E-state index in [0.717, 1.165) is 10.1 Å². The van der Waals surface area contributed by atoms with E-state index in [1.165, 1.54) is 10.6 Å². The van der Waals surface area contributed by atoms with Gasteiger partial charge in [-0.25, -0.2) is 14.3 Å². The van der Waals surface area contributed by atoms with Crippen molar-refractivity contribution in [2.24, 2.45) is 0 Å². The van der Waals surface area contributed by atoms with Crippen LogP contribution in [0, 0.1) is 0 Å². The Morgan fingerprint density at radius 1 is 1.13 bits per heavy atom. The summed E-state index contributed by atoms with van der Waals surface area (Å²) < 4.78 is 9.62. The molecule has 0 unspecified atom stereocenters. The number of aromatic nitrogens is 4. The molecule has 0 bridgehead atoms. The maximum atomic E-state index is 13.2. The lowest BCUT2D eigenvalue weighted by Crippen LogP contribution is -2.39. The van der Waals surface area contributed by atoms with Crippen LogP contribution in [0.2, 0.25) is 5.02 Å². The largest absolute Gasteiger partial charge is 0.496 e. The van der Waals surface area contributed by atoms with E-state index in [1.54, 1.807) is 42.3 Å². The molecule has 0 N–H and O–H groups in total. The molecular weight excluding hydrogens is 404 g/mol. The molecule has 0 aliphatic carbocycles. The fourth-order valence-electron chi connectivity index (χ4n) is 3.46. The van der Waals surface area contributed by atoms with Crippen LogP contribution in [-0.2, 0) is 13.1 Å². The summed E-state index contributed by atoms with van der Waals surface area (Å²) in [4.78, 5) is 30.8. The number of halogens is 1. The molecule has 0 fully saturated rings. The predicted molar refractivity (Wildman–Crippen MR) is 117 cm³/mol. The van der Waals surface area contributed by atoms with Gasteiger partial charge in [0.1, 0.15) is 5.75 Å². The molecule has 0 spiro atoms. The quantitative estimate of drug-likeness (QED) is 0.447. The average Bonchev–Trinajstić information content (AvgIpc) is 3.16. The van der Waals surface area contributed by atoms with Crippen molar-refractivity contribution in [1.82, 2.24) is 18.7 Å². The first kappa shape index (κ1) is 19.7. The maximum Gasteiger partial charge on any atom is 0.337 e. The number of benzene rings is 2. The molecule has 0 radical (unpaired) electrons. The zero-order valence-electron chi connectivity index (χ0n) is 16.3. The van der Waals surface area contributed by atoms with Crippen molar-refractivity contribution in [2.45, 2.75) is 13.1 Å². The SMILES string of the molecule is C=CCn1c(=O)c2c(ncn2Cc2ccccc2OC)n(-c2ccccc2Cl)c1=O. The molecule has 2 heterocycles. The molecule has 152 valence electrons. The molecule has 30 heavy (non-hydrogen) atoms. The Morgan fingerprint density at radius 3 is 2.60 bits per heavy atom. The summed E-state index contributed by atoms with van der Waals surface area (Å²) in [5, 5.41) is 0.379. The van der Waals surface area contributed by atoms with Crippen LogP contribution < -0.4 is 16.0 Å². The van der Waals surface area contributed by atoms with Gasteiger partial charge in [-0.1, -0.05) is 48.0 Å². The van der Waals surface area contributed by atoms with Crippen LogP contribution in [0.3, 0.4) is 0 Å². The number of allylic oxidation sites excluding steroid dienone is 1. The Bertz CT molecular complexity index is 1370. The van der Waals surface area contributed by atoms with Crippen LogP contribution in [0.1, 0.15) is 5.56 Å². The van der Waals surface area contributed by atoms with Gasteiger partial charge in [-0.2, -0.15) is 0 Å². The maximum absolute atomic E-state index is 13.2. The lowest BCUT2D eigenvalue weighted by atomic mass is 10.2. The highest BCUT2D eigenvalue weighted by Crippen LogP contribution is 2.23. The van der Waals surface area contributed by atoms with E-state index in [1.807, 2.05) is 24.3 Å². The van der Waals surface area contributed by atoms with Gasteiger partial charge in [0, 0.05) is 12.1 Å². The summed E-state index contributed by atoms with van der Waals surface area (Å²) in [6, 6.07) is 14.5. The third-order valence-corrected chi connectivity index (χ3v) is 5.16. The number of imidazole rings is 1. The van der Waals surface area contributed by atoms with Crippen LogP contribution in [0.5, 0.6) is 5.75 Å². The van der Waals surface area contributed by atoms with E-state index >= 15 is 0 Å². The molecular formula is C22H19ClN4O3. The number of hydrogen-bond donors (Lipinski definition) is 0. The van der Waals surface area contributed by atoms with Crippen molar-refractivity contribution >= 4 is 22.8 Å². The third-order valence-electron chi connectivity index (χ3n) is 4.84. The minimum Gasteiger partial charge on any atom is -0.496 e. The highest BCUT2D eigenvalue weighted by atomic mass is 35.5. The van der Waals surface area contributed by atoms with Gasteiger partial charge < -0.3 is 9.30 Å². The number of ether oxygens (including phenoxy) is 1. The first-order valence-corrected chi connectivity index (χ1v) is 9.63. The van der Waals surface area contributed by atoms with Gasteiger partial charge in [0.25, 0.3) is 5.56 Å². The number of hydrogen-bond acceptors (Lipinski definition) is 4. The number of fused-ring (bicyclic) bond motifs is 1. The Labute approximate surface area is 177 Å². The highest BCUT2D eigenvalue weighted by molar-refractivity contribution is 6.32. The molecule has 0 atom stereocenters. The summed E-state index contributed by atoms with van der Waals surface area (Å²) in [5.74, 6) is 0.699. The summed E-state index contributed by atoms with van der Waals surface area (Å²) in [7, 11) is 1.59. The van der Waals surface area contributed by atoms with Gasteiger partial charge in [-0.05, 0) is 18.2 Å². The van der Waals surface area contributed by atoms with Crippen molar-refractivity contribution in [3.63, 3.8) is 0 Å². The minimum absolute atomic E-state index is 0.0674. The zero-order valence-corrected chi connectivity index (χ0v) is 17.0. The standard InChI is InChI=1S/C22H19ClN4O3/c1-3-12-26-21(28)19-20(27(22(26)29)17-10-6-5-9-16(17)23)24-14-25(19)13-15-8-4-7-11-18(15)30-2/h3-11,14H,1,12-13H2,2H3. The van der Waals surface area contributed by atoms with Crippen LogP contribution >= 0.6 is 11.6 Å². The molecule has 0 aliphatic rings. The summed E-state index contributed by atoms with van der Waals surface area (Å²) in [6.07, 6.45) is 3.05. The van der Waals surface area contributed by atoms with Crippen molar-refractivity contribution in [1.29, 1.82) is 0 Å². The second kappa shape index (κ2) is 8.04. The number of para-hydroxylation sites is 2. The molecule has 4 aromatic rings. The second-order valence-corrected chi connectivity index (χ2v) is 7.04. The first-order chi connectivity index (χ1) is 14.6. The fourth-order valence-corrected chi connectivity index (χ4v) is 3.68. The number of nitrogens with zero attached hydrogens (tertiary/aromatic N) is 4. The van der Waals surface area contributed by atoms with Crippen LogP contribution in [0.4, 0.5) is 0 Å². The minimum atomic E-state index is -0.525. The van der Waals surface area contributed by atoms with Gasteiger partial charge in [-0.3, -0.25) is 9.36 Å². The molecule has 0 saturated carbocycles. The van der Waals surface area contributed by atoms with Gasteiger partial charge in [0.05, 0.1) is 30.7 Å². The smallest absolute Gasteiger partial charge is 0.337 e. The number of rotatable bonds is 6. The predicted octanol–water partition coefficient (Wildman–Crippen LogP) is 3.25. The van der Waals surface area contributed by atoms with Gasteiger partial charge >= 0.3 is 5.69 Å². The Balaban J connectivity index is 2.03. The molecule has 0 saturated heterocycles. The molecule has 2 aromatic heterocycles. The molecule has 7 nitrogen and oxygen atoms in total. The summed E-state index contributed by atoms with van der Waals surface area (Å²) in [5.41, 5.74) is 0.906. The van der Waals surface area contributed by atoms with Crippen molar-refractivity contribution in [3.05, 3.63) is 98.9 Å². The highest BCUT2D eigenvalue weighted by Gasteiger charge is 2.20. The van der Waals surface area contributed by atoms with Crippen LogP contribution in [-0.4, -0.2) is 25.8 Å². The third kappa shape index (κ3) is 3.23. The van der Waals surface area contributed by atoms with Gasteiger partial charge in [0.2, 0.25) is 0 Å². The van der Waals surface area contributed by atoms with Crippen molar-refractivity contribution in [3.8, 4) is 11.4 Å². The van der Waals surface area contributed by atoms with E-state index < -0.39 is 11.2 Å².